The lowest BCUT2D eigenvalue weighted by Crippen LogP contribution is -2.31. The molecule has 5 nitrogen and oxygen atoms in total. The number of anilines is 1. The number of nitriles is 2. The van der Waals surface area contributed by atoms with Gasteiger partial charge in [0.05, 0.1) is 28.9 Å². The number of carbonyl (C=O) groups is 1. The summed E-state index contributed by atoms with van der Waals surface area (Å²) in [6.45, 7) is 1.79. The van der Waals surface area contributed by atoms with Gasteiger partial charge in [0, 0.05) is 0 Å². The number of nitrogens with one attached hydrogen (secondary N) is 2. The fourth-order valence-corrected chi connectivity index (χ4v) is 2.00. The van der Waals surface area contributed by atoms with Crippen molar-refractivity contribution < 1.29 is 9.18 Å². The number of nitrogens with zero attached hydrogens (tertiary/aromatic N) is 2. The SMILES string of the molecule is CC(NC(=O)Nc1ccc(F)cc1C#N)c1ccc(C#N)cc1. The molecule has 2 aromatic carbocycles. The Kier molecular flexibility index (Phi) is 4.91. The van der Waals surface area contributed by atoms with Crippen molar-refractivity contribution in [1.82, 2.24) is 5.32 Å². The van der Waals surface area contributed by atoms with Gasteiger partial charge in [0.15, 0.2) is 0 Å². The summed E-state index contributed by atoms with van der Waals surface area (Å²) in [5, 5.41) is 22.9. The lowest BCUT2D eigenvalue weighted by Gasteiger charge is -2.15. The summed E-state index contributed by atoms with van der Waals surface area (Å²) >= 11 is 0. The predicted octanol–water partition coefficient (Wildman–Crippen LogP) is 3.45. The van der Waals surface area contributed by atoms with E-state index in [1.807, 2.05) is 12.1 Å². The molecule has 0 aliphatic heterocycles. The van der Waals surface area contributed by atoms with E-state index in [1.165, 1.54) is 12.1 Å². The summed E-state index contributed by atoms with van der Waals surface area (Å²) in [7, 11) is 0. The Bertz CT molecular complexity index is 803. The maximum atomic E-state index is 13.1. The predicted molar refractivity (Wildman–Crippen MR) is 82.8 cm³/mol. The van der Waals surface area contributed by atoms with Gasteiger partial charge < -0.3 is 10.6 Å². The molecule has 1 atom stereocenters. The minimum absolute atomic E-state index is 0.0474. The number of benzene rings is 2. The van der Waals surface area contributed by atoms with Crippen LogP contribution in [-0.4, -0.2) is 6.03 Å². The van der Waals surface area contributed by atoms with Crippen molar-refractivity contribution in [2.24, 2.45) is 0 Å². The molecular weight excluding hydrogens is 295 g/mol. The van der Waals surface area contributed by atoms with E-state index in [0.717, 1.165) is 11.6 Å². The zero-order chi connectivity index (χ0) is 16.8. The molecule has 0 fully saturated rings. The van der Waals surface area contributed by atoms with Gasteiger partial charge in [-0.05, 0) is 42.8 Å². The highest BCUT2D eigenvalue weighted by molar-refractivity contribution is 5.91. The van der Waals surface area contributed by atoms with Crippen molar-refractivity contribution in [2.75, 3.05) is 5.32 Å². The molecule has 0 saturated heterocycles. The number of hydrogen-bond donors (Lipinski definition) is 2. The zero-order valence-electron chi connectivity index (χ0n) is 12.3. The second kappa shape index (κ2) is 7.06. The summed E-state index contributed by atoms with van der Waals surface area (Å²) in [5.41, 5.74) is 1.65. The summed E-state index contributed by atoms with van der Waals surface area (Å²) < 4.78 is 13.1. The molecule has 0 spiro atoms. The molecular formula is C17H13FN4O. The molecule has 2 aromatic rings. The highest BCUT2D eigenvalue weighted by atomic mass is 19.1. The van der Waals surface area contributed by atoms with Gasteiger partial charge in [-0.1, -0.05) is 12.1 Å². The number of carbonyl (C=O) groups excluding carboxylic acids is 1. The van der Waals surface area contributed by atoms with Crippen molar-refractivity contribution in [3.8, 4) is 12.1 Å². The van der Waals surface area contributed by atoms with Crippen LogP contribution in [0, 0.1) is 28.5 Å². The first-order chi connectivity index (χ1) is 11.0. The minimum atomic E-state index is -0.543. The minimum Gasteiger partial charge on any atom is -0.331 e. The number of rotatable bonds is 3. The molecule has 0 saturated carbocycles. The Morgan fingerprint density at radius 1 is 1.13 bits per heavy atom. The summed E-state index contributed by atoms with van der Waals surface area (Å²) in [6, 6.07) is 13.4. The first-order valence-corrected chi connectivity index (χ1v) is 6.80. The summed E-state index contributed by atoms with van der Waals surface area (Å²) in [4.78, 5) is 12.0. The monoisotopic (exact) mass is 308 g/mol. The van der Waals surface area contributed by atoms with E-state index in [1.54, 1.807) is 31.2 Å². The number of urea groups is 1. The molecule has 0 radical (unpaired) electrons. The zero-order valence-corrected chi connectivity index (χ0v) is 12.3. The van der Waals surface area contributed by atoms with Crippen LogP contribution in [0.5, 0.6) is 0 Å². The first-order valence-electron chi connectivity index (χ1n) is 6.80. The summed E-state index contributed by atoms with van der Waals surface area (Å²) in [6.07, 6.45) is 0. The molecule has 0 aliphatic rings. The van der Waals surface area contributed by atoms with Crippen LogP contribution in [0.15, 0.2) is 42.5 Å². The van der Waals surface area contributed by atoms with Crippen LogP contribution in [0.4, 0.5) is 14.9 Å². The molecule has 1 unspecified atom stereocenters. The molecule has 6 heteroatoms. The van der Waals surface area contributed by atoms with Crippen LogP contribution < -0.4 is 10.6 Å². The van der Waals surface area contributed by atoms with E-state index < -0.39 is 11.8 Å². The quantitative estimate of drug-likeness (QED) is 0.910. The Hall–Kier alpha value is -3.38. The average Bonchev–Trinajstić information content (AvgIpc) is 2.56. The Morgan fingerprint density at radius 3 is 2.43 bits per heavy atom. The van der Waals surface area contributed by atoms with Crippen LogP contribution >= 0.6 is 0 Å². The van der Waals surface area contributed by atoms with Crippen molar-refractivity contribution in [1.29, 1.82) is 10.5 Å². The second-order valence-electron chi connectivity index (χ2n) is 4.86. The number of hydrogen-bond acceptors (Lipinski definition) is 3. The normalized spacial score (nSPS) is 11.0. The van der Waals surface area contributed by atoms with Gasteiger partial charge in [0.25, 0.3) is 0 Å². The van der Waals surface area contributed by atoms with Crippen LogP contribution in [0.25, 0.3) is 0 Å². The highest BCUT2D eigenvalue weighted by Crippen LogP contribution is 2.17. The van der Waals surface area contributed by atoms with Crippen LogP contribution in [-0.2, 0) is 0 Å². The highest BCUT2D eigenvalue weighted by Gasteiger charge is 2.12. The number of halogens is 1. The van der Waals surface area contributed by atoms with Gasteiger partial charge >= 0.3 is 6.03 Å². The van der Waals surface area contributed by atoms with E-state index in [2.05, 4.69) is 10.6 Å². The first kappa shape index (κ1) is 16.0. The van der Waals surface area contributed by atoms with E-state index in [-0.39, 0.29) is 17.3 Å². The van der Waals surface area contributed by atoms with Gasteiger partial charge in [0.1, 0.15) is 11.9 Å². The van der Waals surface area contributed by atoms with E-state index in [0.29, 0.717) is 5.56 Å². The van der Waals surface area contributed by atoms with Crippen LogP contribution in [0.1, 0.15) is 29.7 Å². The van der Waals surface area contributed by atoms with Crippen molar-refractivity contribution in [3.05, 3.63) is 65.0 Å². The lowest BCUT2D eigenvalue weighted by molar-refractivity contribution is 0.249. The second-order valence-corrected chi connectivity index (χ2v) is 4.86. The van der Waals surface area contributed by atoms with E-state index in [4.69, 9.17) is 10.5 Å². The largest absolute Gasteiger partial charge is 0.331 e. The molecule has 2 amide bonds. The Morgan fingerprint density at radius 2 is 1.83 bits per heavy atom. The van der Waals surface area contributed by atoms with Gasteiger partial charge in [-0.25, -0.2) is 9.18 Å². The molecule has 0 aromatic heterocycles. The van der Waals surface area contributed by atoms with Gasteiger partial charge in [-0.2, -0.15) is 10.5 Å². The van der Waals surface area contributed by atoms with Crippen molar-refractivity contribution in [3.63, 3.8) is 0 Å². The molecule has 2 N–H and O–H groups in total. The third kappa shape index (κ3) is 4.05. The Labute approximate surface area is 133 Å². The fourth-order valence-electron chi connectivity index (χ4n) is 2.00. The topological polar surface area (TPSA) is 88.7 Å². The molecule has 114 valence electrons. The molecule has 2 rings (SSSR count). The third-order valence-corrected chi connectivity index (χ3v) is 3.24. The summed E-state index contributed by atoms with van der Waals surface area (Å²) in [5.74, 6) is -0.543. The standard InChI is InChI=1S/C17H13FN4O/c1-11(13-4-2-12(9-19)3-5-13)21-17(23)22-16-7-6-15(18)8-14(16)10-20/h2-8,11H,1H3,(H2,21,22,23). The molecule has 0 heterocycles. The lowest BCUT2D eigenvalue weighted by atomic mass is 10.1. The maximum absolute atomic E-state index is 13.1. The third-order valence-electron chi connectivity index (χ3n) is 3.24. The Balaban J connectivity index is 2.04. The molecule has 0 bridgehead atoms. The van der Waals surface area contributed by atoms with E-state index >= 15 is 0 Å². The van der Waals surface area contributed by atoms with E-state index in [9.17, 15) is 9.18 Å². The smallest absolute Gasteiger partial charge is 0.319 e. The van der Waals surface area contributed by atoms with Crippen molar-refractivity contribution in [2.45, 2.75) is 13.0 Å². The molecule has 0 aliphatic carbocycles. The van der Waals surface area contributed by atoms with Crippen LogP contribution in [0.2, 0.25) is 0 Å². The van der Waals surface area contributed by atoms with Gasteiger partial charge in [-0.3, -0.25) is 0 Å². The molecule has 23 heavy (non-hydrogen) atoms. The average molecular weight is 308 g/mol. The van der Waals surface area contributed by atoms with Crippen LogP contribution in [0.3, 0.4) is 0 Å². The van der Waals surface area contributed by atoms with Gasteiger partial charge in [-0.15, -0.1) is 0 Å². The number of amides is 2. The van der Waals surface area contributed by atoms with Gasteiger partial charge in [0.2, 0.25) is 0 Å². The fraction of sp³-hybridized carbons (Fsp3) is 0.118. The van der Waals surface area contributed by atoms with Crippen molar-refractivity contribution >= 4 is 11.7 Å². The maximum Gasteiger partial charge on any atom is 0.319 e.